The summed E-state index contributed by atoms with van der Waals surface area (Å²) >= 11 is 1.33. The Morgan fingerprint density at radius 2 is 1.71 bits per heavy atom. The topological polar surface area (TPSA) is 138 Å². The van der Waals surface area contributed by atoms with Crippen molar-refractivity contribution in [3.63, 3.8) is 0 Å². The van der Waals surface area contributed by atoms with Gasteiger partial charge in [0.2, 0.25) is 12.2 Å². The largest absolute Gasteiger partial charge is 0.457 e. The Bertz CT molecular complexity index is 1570. The summed E-state index contributed by atoms with van der Waals surface area (Å²) in [6.07, 6.45) is 2.42. The number of piperazine rings is 1. The van der Waals surface area contributed by atoms with E-state index in [1.165, 1.54) is 17.6 Å². The van der Waals surface area contributed by atoms with Gasteiger partial charge in [-0.15, -0.1) is 11.3 Å². The van der Waals surface area contributed by atoms with Crippen molar-refractivity contribution in [3.05, 3.63) is 88.4 Å². The normalized spacial score (nSPS) is 16.7. The van der Waals surface area contributed by atoms with Gasteiger partial charge in [0.05, 0.1) is 11.4 Å². The zero-order valence-electron chi connectivity index (χ0n) is 27.7. The molecule has 256 valence electrons. The van der Waals surface area contributed by atoms with E-state index in [1.54, 1.807) is 54.8 Å². The number of hydrogen-bond donors (Lipinski definition) is 3. The van der Waals surface area contributed by atoms with E-state index in [-0.39, 0.29) is 24.2 Å². The van der Waals surface area contributed by atoms with Crippen LogP contribution in [0.1, 0.15) is 42.4 Å². The van der Waals surface area contributed by atoms with E-state index in [9.17, 15) is 14.4 Å². The van der Waals surface area contributed by atoms with Crippen LogP contribution in [-0.2, 0) is 27.2 Å². The van der Waals surface area contributed by atoms with Crippen LogP contribution in [0, 0.1) is 0 Å². The van der Waals surface area contributed by atoms with Crippen LogP contribution in [-0.4, -0.2) is 95.9 Å². The number of urea groups is 1. The van der Waals surface area contributed by atoms with Gasteiger partial charge in [0.25, 0.3) is 5.91 Å². The highest BCUT2D eigenvalue weighted by Crippen LogP contribution is 2.27. The molecule has 4 heterocycles. The van der Waals surface area contributed by atoms with Gasteiger partial charge >= 0.3 is 12.1 Å². The number of rotatable bonds is 11. The molecule has 0 aliphatic carbocycles. The lowest BCUT2D eigenvalue weighted by Gasteiger charge is -2.34. The predicted octanol–water partition coefficient (Wildman–Crippen LogP) is 4.92. The molecule has 0 saturated carbocycles. The number of nitrogens with zero attached hydrogens (tertiary/aromatic N) is 4. The van der Waals surface area contributed by atoms with Crippen LogP contribution in [0.15, 0.2) is 71.6 Å². The summed E-state index contributed by atoms with van der Waals surface area (Å²) in [6.45, 7) is 10.6. The highest BCUT2D eigenvalue weighted by molar-refractivity contribution is 7.09. The molecule has 0 spiro atoms. The summed E-state index contributed by atoms with van der Waals surface area (Å²) in [5.74, 6) is -0.183. The lowest BCUT2D eigenvalue weighted by atomic mass is 10.1. The molecule has 3 aromatic rings. The summed E-state index contributed by atoms with van der Waals surface area (Å²) in [4.78, 5) is 49.5. The van der Waals surface area contributed by atoms with Crippen molar-refractivity contribution in [1.82, 2.24) is 25.0 Å². The minimum absolute atomic E-state index is 0.188. The van der Waals surface area contributed by atoms with Crippen molar-refractivity contribution in [2.45, 2.75) is 45.6 Å². The molecule has 48 heavy (non-hydrogen) atoms. The number of ether oxygens (including phenoxy) is 3. The average Bonchev–Trinajstić information content (AvgIpc) is 3.68. The Hall–Kier alpha value is -4.66. The molecule has 2 aliphatic rings. The monoisotopic (exact) mass is 677 g/mol. The fourth-order valence-electron chi connectivity index (χ4n) is 5.02. The van der Waals surface area contributed by atoms with Crippen molar-refractivity contribution < 1.29 is 28.6 Å². The van der Waals surface area contributed by atoms with Gasteiger partial charge in [-0.3, -0.25) is 25.3 Å². The van der Waals surface area contributed by atoms with Crippen LogP contribution in [0.3, 0.4) is 0 Å². The molecule has 4 amide bonds. The fourth-order valence-corrected chi connectivity index (χ4v) is 5.74. The van der Waals surface area contributed by atoms with Crippen molar-refractivity contribution in [2.75, 3.05) is 56.9 Å². The number of nitrogens with one attached hydrogen (secondary N) is 3. The maximum Gasteiger partial charge on any atom is 0.412 e. The van der Waals surface area contributed by atoms with Crippen molar-refractivity contribution in [1.29, 1.82) is 0 Å². The Labute approximate surface area is 284 Å². The van der Waals surface area contributed by atoms with Gasteiger partial charge in [-0.2, -0.15) is 0 Å². The first kappa shape index (κ1) is 34.7. The molecule has 1 atom stereocenters. The Morgan fingerprint density at radius 3 is 2.40 bits per heavy atom. The van der Waals surface area contributed by atoms with Crippen LogP contribution >= 0.6 is 11.3 Å². The zero-order chi connectivity index (χ0) is 34.1. The van der Waals surface area contributed by atoms with Gasteiger partial charge in [0, 0.05) is 69.2 Å². The van der Waals surface area contributed by atoms with E-state index in [0.717, 1.165) is 37.3 Å². The molecule has 5 rings (SSSR count). The first-order valence-corrected chi connectivity index (χ1v) is 16.8. The second kappa shape index (κ2) is 16.0. The van der Waals surface area contributed by atoms with E-state index in [0.29, 0.717) is 30.9 Å². The summed E-state index contributed by atoms with van der Waals surface area (Å²) in [6, 6.07) is 12.9. The second-order valence-corrected chi connectivity index (χ2v) is 13.4. The third kappa shape index (κ3) is 10.4. The van der Waals surface area contributed by atoms with Gasteiger partial charge in [0.15, 0.2) is 0 Å². The van der Waals surface area contributed by atoms with Gasteiger partial charge in [0.1, 0.15) is 17.6 Å². The number of thiophene rings is 1. The second-order valence-electron chi connectivity index (χ2n) is 12.7. The molecule has 1 saturated heterocycles. The third-order valence-corrected chi connectivity index (χ3v) is 8.35. The third-order valence-electron chi connectivity index (χ3n) is 7.61. The Kier molecular flexibility index (Phi) is 11.5. The van der Waals surface area contributed by atoms with Crippen molar-refractivity contribution in [2.24, 2.45) is 0 Å². The number of carbonyl (C=O) groups is 3. The summed E-state index contributed by atoms with van der Waals surface area (Å²) in [5, 5.41) is 11.7. The molecule has 2 aliphatic heterocycles. The first-order valence-electron chi connectivity index (χ1n) is 15.9. The van der Waals surface area contributed by atoms with E-state index in [4.69, 9.17) is 14.2 Å². The van der Waals surface area contributed by atoms with Crippen LogP contribution in [0.5, 0.6) is 0 Å². The minimum atomic E-state index is -0.655. The Balaban J connectivity index is 1.19. The number of amides is 4. The van der Waals surface area contributed by atoms with Gasteiger partial charge < -0.3 is 29.3 Å². The number of hydrogen-bond acceptors (Lipinski definition) is 10. The van der Waals surface area contributed by atoms with Crippen LogP contribution < -0.4 is 16.0 Å². The first-order chi connectivity index (χ1) is 23.0. The lowest BCUT2D eigenvalue weighted by molar-refractivity contribution is -0.0330. The number of aromatic nitrogens is 1. The number of likely N-dealkylation sites (N-methyl/N-ethyl adjacent to an activating group) is 1. The van der Waals surface area contributed by atoms with Crippen molar-refractivity contribution in [3.8, 4) is 0 Å². The highest BCUT2D eigenvalue weighted by atomic mass is 32.1. The quantitative estimate of drug-likeness (QED) is 0.258. The molecule has 0 bridgehead atoms. The molecule has 13 nitrogen and oxygen atoms in total. The fraction of sp³-hybridized carbons (Fsp3) is 0.412. The Morgan fingerprint density at radius 1 is 0.979 bits per heavy atom. The smallest absolute Gasteiger partial charge is 0.412 e. The highest BCUT2D eigenvalue weighted by Gasteiger charge is 2.25. The van der Waals surface area contributed by atoms with Gasteiger partial charge in [-0.25, -0.2) is 9.59 Å². The molecule has 2 aromatic heterocycles. The number of anilines is 2. The minimum Gasteiger partial charge on any atom is -0.457 e. The van der Waals surface area contributed by atoms with E-state index >= 15 is 0 Å². The number of benzene rings is 1. The maximum atomic E-state index is 13.5. The maximum absolute atomic E-state index is 13.5. The SMILES string of the molecule is CN1CCN(CCN(Cc2ccc(C(=O)Nc3cscc3NC(=O)OC(C)(C)C)nc2)C(=O)NC2=COC(Cc3ccccc3)O2)CC1. The average molecular weight is 678 g/mol. The summed E-state index contributed by atoms with van der Waals surface area (Å²) in [5.41, 5.74) is 2.22. The van der Waals surface area contributed by atoms with Gasteiger partial charge in [-0.05, 0) is 45.0 Å². The standard InChI is InChI=1S/C34H43N7O6S/c1-34(2,3)47-33(44)37-28-23-48-22-27(28)36-31(42)26-11-10-25(19-35-26)20-41(17-16-40-14-12-39(4)13-15-40)32(43)38-29-21-45-30(46-29)18-24-8-6-5-7-9-24/h5-11,19,21-23,30H,12-18,20H2,1-4H3,(H,36,42)(H,37,44)(H,38,43). The molecule has 0 radical (unpaired) electrons. The molecule has 1 unspecified atom stereocenters. The van der Waals surface area contributed by atoms with Crippen LogP contribution in [0.4, 0.5) is 21.0 Å². The summed E-state index contributed by atoms with van der Waals surface area (Å²) in [7, 11) is 2.11. The van der Waals surface area contributed by atoms with E-state index in [2.05, 4.69) is 37.8 Å². The molecule has 3 N–H and O–H groups in total. The van der Waals surface area contributed by atoms with Crippen LogP contribution in [0.2, 0.25) is 0 Å². The molecular weight excluding hydrogens is 634 g/mol. The van der Waals surface area contributed by atoms with Crippen molar-refractivity contribution >= 4 is 40.7 Å². The van der Waals surface area contributed by atoms with Crippen LogP contribution in [0.25, 0.3) is 0 Å². The van der Waals surface area contributed by atoms with E-state index < -0.39 is 23.9 Å². The molecule has 14 heteroatoms. The van der Waals surface area contributed by atoms with E-state index in [1.807, 2.05) is 30.3 Å². The number of pyridine rings is 1. The molecule has 1 aromatic carbocycles. The molecule has 1 fully saturated rings. The number of carbonyl (C=O) groups excluding carboxylic acids is 3. The lowest BCUT2D eigenvalue weighted by Crippen LogP contribution is -2.48. The summed E-state index contributed by atoms with van der Waals surface area (Å²) < 4.78 is 16.8. The van der Waals surface area contributed by atoms with Gasteiger partial charge in [-0.1, -0.05) is 36.4 Å². The predicted molar refractivity (Wildman–Crippen MR) is 183 cm³/mol. The zero-order valence-corrected chi connectivity index (χ0v) is 28.5. The molecular formula is C34H43N7O6S.